The molecule has 0 spiro atoms. The first-order valence-electron chi connectivity index (χ1n) is 10.7. The number of nitrogens with zero attached hydrogens (tertiary/aromatic N) is 1. The predicted molar refractivity (Wildman–Crippen MR) is 122 cm³/mol. The van der Waals surface area contributed by atoms with Crippen molar-refractivity contribution in [2.24, 2.45) is 0 Å². The summed E-state index contributed by atoms with van der Waals surface area (Å²) < 4.78 is 11.8. The van der Waals surface area contributed by atoms with Gasteiger partial charge in [-0.3, -0.25) is 4.79 Å². The van der Waals surface area contributed by atoms with E-state index in [1.54, 1.807) is 0 Å². The molecule has 1 aliphatic heterocycles. The normalized spacial score (nSPS) is 16.9. The molecule has 2 aromatic rings. The number of benzene rings is 2. The topological polar surface area (TPSA) is 50.8 Å². The van der Waals surface area contributed by atoms with E-state index in [2.05, 4.69) is 17.1 Å². The van der Waals surface area contributed by atoms with Gasteiger partial charge in [-0.15, -0.1) is 0 Å². The molecule has 1 heterocycles. The molecule has 0 radical (unpaired) electrons. The predicted octanol–water partition coefficient (Wildman–Crippen LogP) is 5.03. The molecule has 3 rings (SSSR count). The van der Waals surface area contributed by atoms with Crippen LogP contribution in [0, 0.1) is 0 Å². The summed E-state index contributed by atoms with van der Waals surface area (Å²) in [7, 11) is 0. The van der Waals surface area contributed by atoms with Crippen molar-refractivity contribution in [1.29, 1.82) is 0 Å². The van der Waals surface area contributed by atoms with E-state index in [1.807, 2.05) is 56.3 Å². The lowest BCUT2D eigenvalue weighted by Gasteiger charge is -2.21. The monoisotopic (exact) mass is 430 g/mol. The van der Waals surface area contributed by atoms with Gasteiger partial charge < -0.3 is 19.7 Å². The summed E-state index contributed by atoms with van der Waals surface area (Å²) in [5.74, 6) is 1.50. The average Bonchev–Trinajstić information content (AvgIpc) is 3.20. The second-order valence-electron chi connectivity index (χ2n) is 7.62. The van der Waals surface area contributed by atoms with Gasteiger partial charge in [0.05, 0.1) is 29.8 Å². The Kier molecular flexibility index (Phi) is 7.86. The number of amides is 1. The minimum atomic E-state index is -0.174. The maximum atomic E-state index is 12.0. The van der Waals surface area contributed by atoms with Crippen LogP contribution in [0.3, 0.4) is 0 Å². The molecule has 162 valence electrons. The van der Waals surface area contributed by atoms with E-state index in [9.17, 15) is 4.79 Å². The summed E-state index contributed by atoms with van der Waals surface area (Å²) in [5, 5.41) is 3.56. The van der Waals surface area contributed by atoms with Crippen molar-refractivity contribution in [2.75, 3.05) is 31.1 Å². The molecular formula is C24H31ClN2O3. The van der Waals surface area contributed by atoms with Crippen molar-refractivity contribution in [2.45, 2.75) is 45.6 Å². The van der Waals surface area contributed by atoms with Gasteiger partial charge in [0.25, 0.3) is 0 Å². The van der Waals surface area contributed by atoms with Gasteiger partial charge in [0.1, 0.15) is 17.6 Å². The zero-order valence-corrected chi connectivity index (χ0v) is 18.7. The Labute approximate surface area is 184 Å². The van der Waals surface area contributed by atoms with E-state index >= 15 is 0 Å². The Morgan fingerprint density at radius 2 is 1.93 bits per heavy atom. The molecule has 2 aromatic carbocycles. The number of hydrogen-bond donors (Lipinski definition) is 1. The number of anilines is 1. The van der Waals surface area contributed by atoms with Gasteiger partial charge in [-0.2, -0.15) is 0 Å². The van der Waals surface area contributed by atoms with Crippen LogP contribution in [0.15, 0.2) is 42.5 Å². The number of hydrogen-bond acceptors (Lipinski definition) is 4. The first kappa shape index (κ1) is 22.3. The lowest BCUT2D eigenvalue weighted by Crippen LogP contribution is -2.27. The standard InChI is InChI=1S/C24H31ClN2O3/c1-4-14-29-20-10-11-23(22(25)15-20)27-13-12-21(16-27)30-19-8-6-18(7-9-19)17(3)24(28)26-5-2/h6-11,15,17,21H,4-5,12-14,16H2,1-3H3,(H,26,28). The van der Waals surface area contributed by atoms with Crippen LogP contribution in [0.5, 0.6) is 11.5 Å². The van der Waals surface area contributed by atoms with Crippen molar-refractivity contribution in [3.05, 3.63) is 53.1 Å². The van der Waals surface area contributed by atoms with Gasteiger partial charge in [0.15, 0.2) is 0 Å². The van der Waals surface area contributed by atoms with Crippen molar-refractivity contribution in [3.8, 4) is 11.5 Å². The Bertz CT molecular complexity index is 841. The Hall–Kier alpha value is -2.40. The van der Waals surface area contributed by atoms with E-state index in [0.717, 1.165) is 48.7 Å². The van der Waals surface area contributed by atoms with Gasteiger partial charge in [0.2, 0.25) is 5.91 Å². The third-order valence-corrected chi connectivity index (χ3v) is 5.61. The molecule has 1 N–H and O–H groups in total. The molecule has 6 heteroatoms. The molecule has 0 aliphatic carbocycles. The van der Waals surface area contributed by atoms with Gasteiger partial charge in [0, 0.05) is 25.6 Å². The van der Waals surface area contributed by atoms with Gasteiger partial charge in [-0.1, -0.05) is 30.7 Å². The quantitative estimate of drug-likeness (QED) is 0.606. The Morgan fingerprint density at radius 3 is 2.60 bits per heavy atom. The Morgan fingerprint density at radius 1 is 1.20 bits per heavy atom. The van der Waals surface area contributed by atoms with Crippen LogP contribution in [-0.4, -0.2) is 38.3 Å². The fourth-order valence-corrected chi connectivity index (χ4v) is 3.89. The largest absolute Gasteiger partial charge is 0.494 e. The summed E-state index contributed by atoms with van der Waals surface area (Å²) in [4.78, 5) is 14.3. The second kappa shape index (κ2) is 10.6. The number of rotatable bonds is 9. The highest BCUT2D eigenvalue weighted by atomic mass is 35.5. The zero-order valence-electron chi connectivity index (χ0n) is 18.0. The van der Waals surface area contributed by atoms with Crippen molar-refractivity contribution in [3.63, 3.8) is 0 Å². The third-order valence-electron chi connectivity index (χ3n) is 5.30. The van der Waals surface area contributed by atoms with E-state index < -0.39 is 0 Å². The van der Waals surface area contributed by atoms with E-state index in [-0.39, 0.29) is 17.9 Å². The number of carbonyl (C=O) groups excluding carboxylic acids is 1. The highest BCUT2D eigenvalue weighted by Gasteiger charge is 2.26. The molecule has 1 amide bonds. The zero-order chi connectivity index (χ0) is 21.5. The maximum absolute atomic E-state index is 12.0. The number of ether oxygens (including phenoxy) is 2. The molecule has 0 saturated carbocycles. The van der Waals surface area contributed by atoms with Crippen LogP contribution in [0.2, 0.25) is 5.02 Å². The molecule has 1 aliphatic rings. The van der Waals surface area contributed by atoms with Gasteiger partial charge in [-0.25, -0.2) is 0 Å². The fourth-order valence-electron chi connectivity index (χ4n) is 3.60. The van der Waals surface area contributed by atoms with Gasteiger partial charge >= 0.3 is 0 Å². The van der Waals surface area contributed by atoms with Crippen LogP contribution in [0.1, 0.15) is 45.1 Å². The van der Waals surface area contributed by atoms with Crippen LogP contribution in [-0.2, 0) is 4.79 Å². The summed E-state index contributed by atoms with van der Waals surface area (Å²) in [5.41, 5.74) is 2.00. The smallest absolute Gasteiger partial charge is 0.227 e. The molecule has 1 fully saturated rings. The molecule has 2 unspecified atom stereocenters. The average molecular weight is 431 g/mol. The third kappa shape index (κ3) is 5.60. The first-order valence-corrected chi connectivity index (χ1v) is 11.1. The minimum absolute atomic E-state index is 0.0422. The Balaban J connectivity index is 1.56. The molecule has 1 saturated heterocycles. The van der Waals surface area contributed by atoms with Crippen LogP contribution >= 0.6 is 11.6 Å². The molecule has 5 nitrogen and oxygen atoms in total. The summed E-state index contributed by atoms with van der Waals surface area (Å²) in [6.45, 7) is 8.93. The number of likely N-dealkylation sites (N-methyl/N-ethyl adjacent to an activating group) is 1. The SMILES string of the molecule is CCCOc1ccc(N2CCC(Oc3ccc(C(C)C(=O)NCC)cc3)C2)c(Cl)c1. The molecule has 30 heavy (non-hydrogen) atoms. The van der Waals surface area contributed by atoms with Crippen LogP contribution in [0.25, 0.3) is 0 Å². The van der Waals surface area contributed by atoms with Gasteiger partial charge in [-0.05, 0) is 50.1 Å². The highest BCUT2D eigenvalue weighted by molar-refractivity contribution is 6.33. The molecule has 0 bridgehead atoms. The van der Waals surface area contributed by atoms with Crippen LogP contribution < -0.4 is 19.7 Å². The van der Waals surface area contributed by atoms with E-state index in [1.165, 1.54) is 0 Å². The first-order chi connectivity index (χ1) is 14.5. The highest BCUT2D eigenvalue weighted by Crippen LogP contribution is 2.33. The maximum Gasteiger partial charge on any atom is 0.227 e. The van der Waals surface area contributed by atoms with Crippen molar-refractivity contribution in [1.82, 2.24) is 5.32 Å². The molecule has 2 atom stereocenters. The fraction of sp³-hybridized carbons (Fsp3) is 0.458. The van der Waals surface area contributed by atoms with E-state index in [4.69, 9.17) is 21.1 Å². The lowest BCUT2D eigenvalue weighted by atomic mass is 10.0. The minimum Gasteiger partial charge on any atom is -0.494 e. The van der Waals surface area contributed by atoms with E-state index in [0.29, 0.717) is 18.2 Å². The van der Waals surface area contributed by atoms with Crippen LogP contribution in [0.4, 0.5) is 5.69 Å². The number of carbonyl (C=O) groups is 1. The summed E-state index contributed by atoms with van der Waals surface area (Å²) >= 11 is 6.50. The molecule has 0 aromatic heterocycles. The number of nitrogens with one attached hydrogen (secondary N) is 1. The second-order valence-corrected chi connectivity index (χ2v) is 8.03. The van der Waals surface area contributed by atoms with Crippen molar-refractivity contribution >= 4 is 23.2 Å². The molecular weight excluding hydrogens is 400 g/mol. The number of halogens is 1. The van der Waals surface area contributed by atoms with Crippen molar-refractivity contribution < 1.29 is 14.3 Å². The summed E-state index contributed by atoms with van der Waals surface area (Å²) in [6, 6.07) is 13.7. The lowest BCUT2D eigenvalue weighted by molar-refractivity contribution is -0.122. The summed E-state index contributed by atoms with van der Waals surface area (Å²) in [6.07, 6.45) is 2.00.